The van der Waals surface area contributed by atoms with Crippen molar-refractivity contribution in [3.05, 3.63) is 0 Å². The Hall–Kier alpha value is 4.24. The van der Waals surface area contributed by atoms with E-state index < -0.39 is 33.4 Å². The second-order valence-corrected chi connectivity index (χ2v) is 0.821. The maximum absolute atomic E-state index is 9.78. The molecule has 0 atom stereocenters. The Labute approximate surface area is 133 Å². The molecule has 7 heavy (non-hydrogen) atoms. The average Bonchev–Trinajstić information content (AvgIpc) is 0.811. The van der Waals surface area contributed by atoms with Crippen LogP contribution in [-0.4, -0.2) is 0 Å². The molecule has 0 saturated carbocycles. The largest absolute Gasteiger partial charge is 1.00 e. The van der Waals surface area contributed by atoms with Gasteiger partial charge in [-0.2, -0.15) is 0 Å². The summed E-state index contributed by atoms with van der Waals surface area (Å²) in [6.45, 7) is 0. The molecule has 0 amide bonds. The summed E-state index contributed by atoms with van der Waals surface area (Å²) in [6.07, 6.45) is 0. The monoisotopic (exact) mass is 546 g/mol. The number of hydrogen-bond acceptors (Lipinski definition) is 0. The molecule has 0 aromatic carbocycles. The summed E-state index contributed by atoms with van der Waals surface area (Å²) in [5, 5.41) is 0. The molecule has 0 nitrogen and oxygen atoms in total. The Balaban J connectivity index is -0.00000000750. The van der Waals surface area contributed by atoms with Gasteiger partial charge in [-0.3, -0.25) is 0 Å². The van der Waals surface area contributed by atoms with Gasteiger partial charge in [0.25, 0.3) is 0 Å². The van der Waals surface area contributed by atoms with E-state index in [9.17, 15) is 4.39 Å². The van der Waals surface area contributed by atoms with Crippen molar-refractivity contribution >= 4 is 0 Å². The van der Waals surface area contributed by atoms with E-state index in [1.54, 1.807) is 0 Å². The van der Waals surface area contributed by atoms with Gasteiger partial charge in [0.2, 0.25) is 0 Å². The van der Waals surface area contributed by atoms with Crippen molar-refractivity contribution in [2.45, 2.75) is 0 Å². The third-order valence-corrected chi connectivity index (χ3v) is 0. The predicted molar refractivity (Wildman–Crippen MR) is 4.44 cm³/mol. The molecule has 2 radical (unpaired) electrons. The third kappa shape index (κ3) is 38.7. The van der Waals surface area contributed by atoms with Gasteiger partial charge in [0.1, 0.15) is 0 Å². The summed E-state index contributed by atoms with van der Waals surface area (Å²) < 4.78 is 29.3. The van der Waals surface area contributed by atoms with Crippen LogP contribution in [0.3, 0.4) is 0 Å². The molecule has 0 saturated heterocycles. The van der Waals surface area contributed by atoms with E-state index in [1.807, 2.05) is 0 Å². The molecule has 7 heteroatoms. The van der Waals surface area contributed by atoms with Gasteiger partial charge in [-0.15, -0.1) is 0 Å². The van der Waals surface area contributed by atoms with Crippen molar-refractivity contribution in [2.24, 2.45) is 0 Å². The summed E-state index contributed by atoms with van der Waals surface area (Å²) in [7, 11) is 0. The molecule has 0 aromatic heterocycles. The standard InChI is InChI=1S/3FH.Ho.Li.Lu.Pr.H/h3*1H;;;;;/q;;;;+1;+3;;-1/p-3. The minimum Gasteiger partial charge on any atom is -1.00 e. The molecule has 0 aliphatic heterocycles. The topological polar surface area (TPSA) is 0 Å². The molecular weight excluding hydrogens is 545 g/mol. The van der Waals surface area contributed by atoms with Gasteiger partial charge < -0.3 is 1.43 Å². The summed E-state index contributed by atoms with van der Waals surface area (Å²) in [4.78, 5) is 0. The molecule has 0 N–H and O–H groups in total. The van der Waals surface area contributed by atoms with Gasteiger partial charge >= 0.3 is 56.7 Å². The molecular formula is HF3HoLiLuPr. The van der Waals surface area contributed by atoms with Crippen molar-refractivity contribution in [1.29, 1.82) is 0 Å². The fourth-order valence-electron chi connectivity index (χ4n) is 0. The van der Waals surface area contributed by atoms with Gasteiger partial charge in [0, 0.05) is 79.0 Å². The molecule has 0 fully saturated rings. The van der Waals surface area contributed by atoms with E-state index in [0.29, 0.717) is 0 Å². The zero-order valence-electron chi connectivity index (χ0n) is 4.27. The quantitative estimate of drug-likeness (QED) is 0.321. The SMILES string of the molecule is [F][Lu]([F])[F].[H-].[Ho].[Li+].[Pr]. The molecule has 0 unspecified atom stereocenters. The summed E-state index contributed by atoms with van der Waals surface area (Å²) >= 11 is -4.44. The van der Waals surface area contributed by atoms with Crippen LogP contribution in [0.5, 0.6) is 0 Å². The Morgan fingerprint density at radius 2 is 1.14 bits per heavy atom. The van der Waals surface area contributed by atoms with Crippen molar-refractivity contribution < 1.29 is 137 Å². The Morgan fingerprint density at radius 1 is 1.14 bits per heavy atom. The second-order valence-electron chi connectivity index (χ2n) is 0.111. The van der Waals surface area contributed by atoms with Crippen LogP contribution in [-0.2, 0) is 0 Å². The van der Waals surface area contributed by atoms with Gasteiger partial charge in [-0.05, 0) is 0 Å². The molecule has 0 heterocycles. The normalized spacial score (nSPS) is 6.43. The summed E-state index contributed by atoms with van der Waals surface area (Å²) in [6, 6.07) is 0. The van der Waals surface area contributed by atoms with Crippen LogP contribution < -0.4 is 18.9 Å². The van der Waals surface area contributed by atoms with E-state index in [1.165, 1.54) is 0 Å². The Morgan fingerprint density at radius 3 is 1.14 bits per heavy atom. The third-order valence-electron chi connectivity index (χ3n) is 0. The first-order valence-corrected chi connectivity index (χ1v) is 2.17. The first-order chi connectivity index (χ1) is 1.73. The Bertz CT molecular complexity index is 24.0. The number of halogens is 3. The van der Waals surface area contributed by atoms with Crippen LogP contribution in [0.1, 0.15) is 1.43 Å². The van der Waals surface area contributed by atoms with Crippen LogP contribution in [0.2, 0.25) is 0 Å². The van der Waals surface area contributed by atoms with E-state index in [0.717, 1.165) is 0 Å². The molecule has 0 bridgehead atoms. The number of rotatable bonds is 0. The van der Waals surface area contributed by atoms with Gasteiger partial charge in [-0.25, -0.2) is 0 Å². The second kappa shape index (κ2) is 16.7. The summed E-state index contributed by atoms with van der Waals surface area (Å²) in [5.41, 5.74) is 0. The van der Waals surface area contributed by atoms with Crippen molar-refractivity contribution in [1.82, 2.24) is 0 Å². The minimum atomic E-state index is -4.44. The Kier molecular flexibility index (Phi) is 53.6. The van der Waals surface area contributed by atoms with E-state index in [2.05, 4.69) is 0 Å². The predicted octanol–water partition coefficient (Wildman–Crippen LogP) is -1.62. The zero-order valence-corrected chi connectivity index (χ0v) is 10.6. The van der Waals surface area contributed by atoms with Crippen LogP contribution in [0.4, 0.5) is 4.39 Å². The fourth-order valence-corrected chi connectivity index (χ4v) is 0. The molecule has 0 aliphatic carbocycles. The zero-order chi connectivity index (χ0) is 3.58. The van der Waals surface area contributed by atoms with Gasteiger partial charge in [0.15, 0.2) is 0 Å². The van der Waals surface area contributed by atoms with Crippen LogP contribution in [0.25, 0.3) is 0 Å². The minimum absolute atomic E-state index is 0. The van der Waals surface area contributed by atoms with E-state index in [-0.39, 0.29) is 99.3 Å². The van der Waals surface area contributed by atoms with E-state index >= 15 is 0 Å². The van der Waals surface area contributed by atoms with Gasteiger partial charge in [-0.1, -0.05) is 0 Å². The van der Waals surface area contributed by atoms with Crippen molar-refractivity contribution in [2.75, 3.05) is 0 Å². The molecule has 0 aromatic rings. The maximum Gasteiger partial charge on any atom is 1.00 e. The van der Waals surface area contributed by atoms with Gasteiger partial charge in [0.05, 0.1) is 0 Å². The average molecular weight is 546 g/mol. The van der Waals surface area contributed by atoms with E-state index in [4.69, 9.17) is 0 Å². The number of hydrogen-bond donors (Lipinski definition) is 0. The van der Waals surface area contributed by atoms with Crippen LogP contribution in [0, 0.1) is 112 Å². The van der Waals surface area contributed by atoms with Crippen molar-refractivity contribution in [3.63, 3.8) is 0 Å². The van der Waals surface area contributed by atoms with Crippen molar-refractivity contribution in [3.8, 4) is 0 Å². The van der Waals surface area contributed by atoms with Crippen LogP contribution >= 0.6 is 0 Å². The first kappa shape index (κ1) is 22.5. The fraction of sp³-hybridized carbons (Fsp3) is 0. The summed E-state index contributed by atoms with van der Waals surface area (Å²) in [5.74, 6) is 0. The van der Waals surface area contributed by atoms with Crippen LogP contribution in [0.15, 0.2) is 0 Å². The first-order valence-electron chi connectivity index (χ1n) is 0.293. The molecule has 52 valence electrons. The maximum atomic E-state index is 9.78. The molecule has 0 spiro atoms. The molecule has 0 rings (SSSR count). The smallest absolute Gasteiger partial charge is 1.00 e. The molecule has 0 aliphatic rings.